The van der Waals surface area contributed by atoms with Crippen LogP contribution in [0.1, 0.15) is 66.2 Å². The summed E-state index contributed by atoms with van der Waals surface area (Å²) in [6.07, 6.45) is 4.82. The average Bonchev–Trinajstić information content (AvgIpc) is 1.98. The molecule has 2 nitrogen and oxygen atoms in total. The molecule has 0 bridgehead atoms. The minimum Gasteiger partial charge on any atom is -0.850 e. The molecule has 0 aliphatic heterocycles. The standard InChI is InChI=1S/C12H24O2.2Na/c1-5-6-9-12(4,14)10-7-8-11(2,3)13;;/h5-10H2,1-4H3;;/q-2;2*+1. The maximum atomic E-state index is 11.8. The van der Waals surface area contributed by atoms with E-state index in [1.165, 1.54) is 0 Å². The summed E-state index contributed by atoms with van der Waals surface area (Å²) in [5, 5.41) is 23.1. The minimum atomic E-state index is -0.874. The molecule has 0 aromatic rings. The minimum absolute atomic E-state index is 0. The maximum Gasteiger partial charge on any atom is 1.00 e. The Labute approximate surface area is 145 Å². The summed E-state index contributed by atoms with van der Waals surface area (Å²) in [5.41, 5.74) is -1.69. The van der Waals surface area contributed by atoms with Crippen LogP contribution >= 0.6 is 0 Å². The predicted octanol–water partition coefficient (Wildman–Crippen LogP) is -4.39. The fraction of sp³-hybridized carbons (Fsp3) is 1.00. The van der Waals surface area contributed by atoms with Crippen molar-refractivity contribution in [1.29, 1.82) is 0 Å². The van der Waals surface area contributed by atoms with Crippen molar-refractivity contribution in [3.05, 3.63) is 0 Å². The fourth-order valence-electron chi connectivity index (χ4n) is 1.56. The molecule has 4 heteroatoms. The molecular formula is C12H24Na2O2. The van der Waals surface area contributed by atoms with Crippen molar-refractivity contribution < 1.29 is 69.3 Å². The van der Waals surface area contributed by atoms with Crippen molar-refractivity contribution in [3.63, 3.8) is 0 Å². The first kappa shape index (κ1) is 23.0. The molecule has 0 rings (SSSR count). The molecule has 0 radical (unpaired) electrons. The Hall–Kier alpha value is 1.92. The molecule has 0 aromatic carbocycles. The summed E-state index contributed by atoms with van der Waals surface area (Å²) >= 11 is 0. The third-order valence-electron chi connectivity index (χ3n) is 2.54. The van der Waals surface area contributed by atoms with Gasteiger partial charge in [-0.05, 0) is 0 Å². The average molecular weight is 246 g/mol. The Balaban J connectivity index is -0.000000845. The van der Waals surface area contributed by atoms with Crippen LogP contribution in [0.15, 0.2) is 0 Å². The third-order valence-corrected chi connectivity index (χ3v) is 2.54. The van der Waals surface area contributed by atoms with Gasteiger partial charge in [-0.2, -0.15) is 0 Å². The van der Waals surface area contributed by atoms with Crippen LogP contribution in [0.2, 0.25) is 0 Å². The number of hydrogen-bond donors (Lipinski definition) is 0. The monoisotopic (exact) mass is 246 g/mol. The van der Waals surface area contributed by atoms with Crippen LogP contribution in [0.4, 0.5) is 0 Å². The summed E-state index contributed by atoms with van der Waals surface area (Å²) in [6, 6.07) is 0. The van der Waals surface area contributed by atoms with Gasteiger partial charge in [-0.25, -0.2) is 0 Å². The number of unbranched alkanes of at least 4 members (excludes halogenated alkanes) is 1. The molecule has 0 saturated carbocycles. The fourth-order valence-corrected chi connectivity index (χ4v) is 1.56. The molecule has 0 saturated heterocycles. The molecule has 0 spiro atoms. The first-order valence-electron chi connectivity index (χ1n) is 5.68. The second-order valence-corrected chi connectivity index (χ2v) is 5.17. The van der Waals surface area contributed by atoms with Gasteiger partial charge in [0.25, 0.3) is 0 Å². The zero-order valence-electron chi connectivity index (χ0n) is 12.1. The Kier molecular flexibility index (Phi) is 15.6. The molecule has 86 valence electrons. The van der Waals surface area contributed by atoms with E-state index in [0.29, 0.717) is 12.8 Å². The molecule has 16 heavy (non-hydrogen) atoms. The van der Waals surface area contributed by atoms with E-state index < -0.39 is 11.2 Å². The first-order valence-corrected chi connectivity index (χ1v) is 5.68. The smallest absolute Gasteiger partial charge is 0.850 e. The number of hydrogen-bond acceptors (Lipinski definition) is 2. The van der Waals surface area contributed by atoms with Crippen molar-refractivity contribution in [1.82, 2.24) is 0 Å². The Morgan fingerprint density at radius 3 is 1.62 bits per heavy atom. The zero-order valence-corrected chi connectivity index (χ0v) is 16.1. The van der Waals surface area contributed by atoms with Crippen LogP contribution < -0.4 is 69.3 Å². The van der Waals surface area contributed by atoms with E-state index in [1.807, 2.05) is 0 Å². The molecule has 0 aromatic heterocycles. The van der Waals surface area contributed by atoms with E-state index in [1.54, 1.807) is 20.8 Å². The van der Waals surface area contributed by atoms with E-state index in [4.69, 9.17) is 0 Å². The van der Waals surface area contributed by atoms with Crippen LogP contribution in [0.3, 0.4) is 0 Å². The van der Waals surface area contributed by atoms with Gasteiger partial charge in [0.15, 0.2) is 0 Å². The van der Waals surface area contributed by atoms with Gasteiger partial charge in [-0.15, -0.1) is 11.2 Å². The molecule has 0 amide bonds. The number of rotatable bonds is 7. The molecular weight excluding hydrogens is 222 g/mol. The van der Waals surface area contributed by atoms with Crippen LogP contribution in [-0.2, 0) is 0 Å². The van der Waals surface area contributed by atoms with Crippen molar-refractivity contribution in [3.8, 4) is 0 Å². The van der Waals surface area contributed by atoms with Gasteiger partial charge < -0.3 is 10.2 Å². The van der Waals surface area contributed by atoms with Crippen molar-refractivity contribution in [2.45, 2.75) is 77.4 Å². The van der Waals surface area contributed by atoms with Crippen LogP contribution in [0.25, 0.3) is 0 Å². The summed E-state index contributed by atoms with van der Waals surface area (Å²) in [4.78, 5) is 0. The molecule has 0 aliphatic carbocycles. The maximum absolute atomic E-state index is 11.8. The summed E-state index contributed by atoms with van der Waals surface area (Å²) in [7, 11) is 0. The van der Waals surface area contributed by atoms with Gasteiger partial charge in [0, 0.05) is 0 Å². The van der Waals surface area contributed by atoms with Gasteiger partial charge in [-0.3, -0.25) is 0 Å². The Morgan fingerprint density at radius 2 is 1.25 bits per heavy atom. The molecule has 0 N–H and O–H groups in total. The summed E-state index contributed by atoms with van der Waals surface area (Å²) in [5.74, 6) is 0. The summed E-state index contributed by atoms with van der Waals surface area (Å²) in [6.45, 7) is 7.22. The van der Waals surface area contributed by atoms with Gasteiger partial charge in [0.1, 0.15) is 0 Å². The second kappa shape index (κ2) is 10.8. The molecule has 0 heterocycles. The molecule has 0 fully saturated rings. The first-order chi connectivity index (χ1) is 6.27. The van der Waals surface area contributed by atoms with Gasteiger partial charge in [0.05, 0.1) is 0 Å². The van der Waals surface area contributed by atoms with Gasteiger partial charge >= 0.3 is 59.1 Å². The topological polar surface area (TPSA) is 46.1 Å². The zero-order chi connectivity index (χ0) is 11.2. The Bertz CT molecular complexity index is 154. The molecule has 1 atom stereocenters. The van der Waals surface area contributed by atoms with Gasteiger partial charge in [-0.1, -0.05) is 66.2 Å². The van der Waals surface area contributed by atoms with Crippen molar-refractivity contribution in [2.75, 3.05) is 0 Å². The van der Waals surface area contributed by atoms with Crippen molar-refractivity contribution >= 4 is 0 Å². The predicted molar refractivity (Wildman–Crippen MR) is 55.9 cm³/mol. The van der Waals surface area contributed by atoms with Crippen LogP contribution in [0.5, 0.6) is 0 Å². The second-order valence-electron chi connectivity index (χ2n) is 5.17. The van der Waals surface area contributed by atoms with Crippen molar-refractivity contribution in [2.24, 2.45) is 0 Å². The Morgan fingerprint density at radius 1 is 0.812 bits per heavy atom. The van der Waals surface area contributed by atoms with Gasteiger partial charge in [0.2, 0.25) is 0 Å². The van der Waals surface area contributed by atoms with E-state index in [2.05, 4.69) is 6.92 Å². The van der Waals surface area contributed by atoms with Crippen LogP contribution in [-0.4, -0.2) is 11.2 Å². The normalized spacial score (nSPS) is 14.6. The summed E-state index contributed by atoms with van der Waals surface area (Å²) < 4.78 is 0. The van der Waals surface area contributed by atoms with Crippen LogP contribution in [0, 0.1) is 0 Å². The third kappa shape index (κ3) is 15.9. The van der Waals surface area contributed by atoms with E-state index >= 15 is 0 Å². The quantitative estimate of drug-likeness (QED) is 0.426. The SMILES string of the molecule is CCCCC(C)([O-])CCCC(C)(C)[O-].[Na+].[Na+]. The molecule has 0 aliphatic rings. The van der Waals surface area contributed by atoms with E-state index in [0.717, 1.165) is 25.7 Å². The van der Waals surface area contributed by atoms with E-state index in [-0.39, 0.29) is 59.1 Å². The largest absolute Gasteiger partial charge is 1.00 e. The molecule has 1 unspecified atom stereocenters. The van der Waals surface area contributed by atoms with E-state index in [9.17, 15) is 10.2 Å².